The Morgan fingerprint density at radius 1 is 0.949 bits per heavy atom. The van der Waals surface area contributed by atoms with Crippen LogP contribution in [0.2, 0.25) is 0 Å². The summed E-state index contributed by atoms with van der Waals surface area (Å²) in [6.45, 7) is 7.30. The summed E-state index contributed by atoms with van der Waals surface area (Å²) >= 11 is 0. The van der Waals surface area contributed by atoms with Crippen molar-refractivity contribution in [2.75, 3.05) is 19.8 Å². The number of nitrogens with two attached hydrogens (primary N) is 1. The van der Waals surface area contributed by atoms with Crippen molar-refractivity contribution < 1.29 is 41.1 Å². The maximum Gasteiger partial charge on any atom is 0.418 e. The van der Waals surface area contributed by atoms with Gasteiger partial charge in [-0.05, 0) is 71.0 Å². The van der Waals surface area contributed by atoms with Gasteiger partial charge >= 0.3 is 19.2 Å². The number of para-hydroxylation sites is 1. The fraction of sp³-hybridized carbons (Fsp3) is 0.440. The second-order valence-electron chi connectivity index (χ2n) is 9.19. The van der Waals surface area contributed by atoms with Crippen molar-refractivity contribution >= 4 is 29.2 Å². The minimum absolute atomic E-state index is 0.0608. The highest BCUT2D eigenvalue weighted by molar-refractivity contribution is 7.89. The van der Waals surface area contributed by atoms with E-state index in [2.05, 4.69) is 10.0 Å². The zero-order valence-electron chi connectivity index (χ0n) is 22.6. The summed E-state index contributed by atoms with van der Waals surface area (Å²) in [5, 5.41) is 2.31. The zero-order valence-corrected chi connectivity index (χ0v) is 24.3. The van der Waals surface area contributed by atoms with E-state index in [1.54, 1.807) is 45.0 Å². The number of sulfonamides is 1. The second kappa shape index (κ2) is 14.0. The predicted octanol–water partition coefficient (Wildman–Crippen LogP) is 3.98. The van der Waals surface area contributed by atoms with Gasteiger partial charge in [-0.25, -0.2) is 13.0 Å². The van der Waals surface area contributed by atoms with Crippen LogP contribution in [0, 0.1) is 5.92 Å². The minimum atomic E-state index is -4.21. The van der Waals surface area contributed by atoms with Gasteiger partial charge in [0.15, 0.2) is 0 Å². The first-order valence-electron chi connectivity index (χ1n) is 12.2. The number of carbonyl (C=O) groups is 2. The first-order chi connectivity index (χ1) is 18.2. The standard InChI is InChI=1S/C25H36N3O9PS/c1-6-34-38(31,35-7-2)24(30)27-17-21(23(29)37-25(3,4)5)22(26)28-39(32,33)20-15-13-19(14-16-20)36-18-11-9-8-10-12-18/h8-16,21-22,28H,6-7,17,26H2,1-5H3,(H,27,30). The van der Waals surface area contributed by atoms with Crippen LogP contribution in [-0.2, 0) is 33.2 Å². The molecule has 0 radical (unpaired) electrons. The average molecular weight is 586 g/mol. The number of nitrogens with one attached hydrogen (secondary N) is 2. The first-order valence-corrected chi connectivity index (χ1v) is 15.2. The van der Waals surface area contributed by atoms with Gasteiger partial charge in [0.2, 0.25) is 10.0 Å². The molecule has 216 valence electrons. The lowest BCUT2D eigenvalue weighted by atomic mass is 10.1. The second-order valence-corrected chi connectivity index (χ2v) is 12.8. The Balaban J connectivity index is 2.20. The third kappa shape index (κ3) is 10.0. The third-order valence-corrected chi connectivity index (χ3v) is 8.19. The highest BCUT2D eigenvalue weighted by Gasteiger charge is 2.38. The van der Waals surface area contributed by atoms with Crippen molar-refractivity contribution in [2.45, 2.75) is 51.3 Å². The highest BCUT2D eigenvalue weighted by atomic mass is 32.2. The number of rotatable bonds is 14. The molecule has 39 heavy (non-hydrogen) atoms. The maximum absolute atomic E-state index is 13.0. The molecule has 2 rings (SSSR count). The van der Waals surface area contributed by atoms with Gasteiger partial charge in [-0.3, -0.25) is 9.59 Å². The normalized spacial score (nSPS) is 13.8. The van der Waals surface area contributed by atoms with Gasteiger partial charge in [0.05, 0.1) is 24.3 Å². The Hall–Kier alpha value is -2.80. The third-order valence-electron chi connectivity index (χ3n) is 4.87. The van der Waals surface area contributed by atoms with Gasteiger partial charge in [0.25, 0.3) is 0 Å². The molecule has 12 nitrogen and oxygen atoms in total. The Morgan fingerprint density at radius 3 is 2.00 bits per heavy atom. The smallest absolute Gasteiger partial charge is 0.418 e. The van der Waals surface area contributed by atoms with Crippen LogP contribution >= 0.6 is 7.60 Å². The molecule has 2 unspecified atom stereocenters. The molecule has 0 aliphatic carbocycles. The molecule has 14 heteroatoms. The van der Waals surface area contributed by atoms with E-state index in [-0.39, 0.29) is 18.1 Å². The number of benzene rings is 2. The maximum atomic E-state index is 13.0. The van der Waals surface area contributed by atoms with E-state index in [4.69, 9.17) is 24.3 Å². The number of esters is 1. The van der Waals surface area contributed by atoms with Crippen LogP contribution in [0.4, 0.5) is 4.79 Å². The van der Waals surface area contributed by atoms with Crippen molar-refractivity contribution in [3.8, 4) is 11.5 Å². The molecule has 0 aliphatic rings. The summed E-state index contributed by atoms with van der Waals surface area (Å²) in [4.78, 5) is 25.4. The van der Waals surface area contributed by atoms with Crippen LogP contribution in [-0.4, -0.2) is 51.6 Å². The van der Waals surface area contributed by atoms with E-state index in [0.717, 1.165) is 0 Å². The fourth-order valence-corrected chi connectivity index (χ4v) is 5.59. The molecule has 0 spiro atoms. The van der Waals surface area contributed by atoms with Crippen molar-refractivity contribution in [3.63, 3.8) is 0 Å². The van der Waals surface area contributed by atoms with Crippen molar-refractivity contribution in [2.24, 2.45) is 11.7 Å². The molecule has 4 N–H and O–H groups in total. The first kappa shape index (κ1) is 32.4. The van der Waals surface area contributed by atoms with E-state index >= 15 is 0 Å². The summed E-state index contributed by atoms with van der Waals surface area (Å²) < 4.78 is 62.1. The van der Waals surface area contributed by atoms with E-state index in [1.807, 2.05) is 6.07 Å². The molecule has 2 aromatic rings. The summed E-state index contributed by atoms with van der Waals surface area (Å²) in [5.74, 6) is -1.28. The van der Waals surface area contributed by atoms with E-state index in [1.165, 1.54) is 38.1 Å². The number of hydrogen-bond donors (Lipinski definition) is 3. The van der Waals surface area contributed by atoms with Crippen LogP contribution in [0.1, 0.15) is 34.6 Å². The Kier molecular flexibility index (Phi) is 11.6. The van der Waals surface area contributed by atoms with Gasteiger partial charge in [-0.1, -0.05) is 18.2 Å². The number of carbonyl (C=O) groups excluding carboxylic acids is 2. The predicted molar refractivity (Wildman–Crippen MR) is 145 cm³/mol. The lowest BCUT2D eigenvalue weighted by molar-refractivity contribution is -0.160. The number of amides is 1. The van der Waals surface area contributed by atoms with Crippen molar-refractivity contribution in [3.05, 3.63) is 54.6 Å². The lowest BCUT2D eigenvalue weighted by Crippen LogP contribution is -2.54. The summed E-state index contributed by atoms with van der Waals surface area (Å²) in [6.07, 6.45) is -1.52. The van der Waals surface area contributed by atoms with Crippen LogP contribution in [0.25, 0.3) is 0 Å². The molecule has 0 aliphatic heterocycles. The van der Waals surface area contributed by atoms with Gasteiger partial charge < -0.3 is 29.6 Å². The molecular weight excluding hydrogens is 549 g/mol. The molecule has 0 bridgehead atoms. The average Bonchev–Trinajstić information content (AvgIpc) is 2.84. The van der Waals surface area contributed by atoms with Crippen molar-refractivity contribution in [1.29, 1.82) is 0 Å². The Morgan fingerprint density at radius 2 is 1.49 bits per heavy atom. The Labute approximate surface area is 229 Å². The summed E-state index contributed by atoms with van der Waals surface area (Å²) in [7, 11) is -8.39. The summed E-state index contributed by atoms with van der Waals surface area (Å²) in [5.41, 5.74) is 4.08. The van der Waals surface area contributed by atoms with Gasteiger partial charge in [0, 0.05) is 6.54 Å². The molecule has 2 atom stereocenters. The monoisotopic (exact) mass is 585 g/mol. The minimum Gasteiger partial charge on any atom is -0.460 e. The highest BCUT2D eigenvalue weighted by Crippen LogP contribution is 2.48. The van der Waals surface area contributed by atoms with Gasteiger partial charge in [-0.2, -0.15) is 4.72 Å². The molecule has 0 heterocycles. The van der Waals surface area contributed by atoms with Crippen LogP contribution in [0.5, 0.6) is 11.5 Å². The van der Waals surface area contributed by atoms with Crippen molar-refractivity contribution in [1.82, 2.24) is 10.0 Å². The largest absolute Gasteiger partial charge is 0.460 e. The van der Waals surface area contributed by atoms with Crippen LogP contribution in [0.3, 0.4) is 0 Å². The van der Waals surface area contributed by atoms with E-state index in [0.29, 0.717) is 11.5 Å². The summed E-state index contributed by atoms with van der Waals surface area (Å²) in [6, 6.07) is 14.5. The molecule has 0 saturated carbocycles. The van der Waals surface area contributed by atoms with Crippen LogP contribution < -0.4 is 20.5 Å². The molecule has 2 aromatic carbocycles. The van der Waals surface area contributed by atoms with E-state index < -0.39 is 53.5 Å². The van der Waals surface area contributed by atoms with Gasteiger partial charge in [0.1, 0.15) is 23.0 Å². The Bertz CT molecular complexity index is 1240. The molecule has 0 saturated heterocycles. The lowest BCUT2D eigenvalue weighted by Gasteiger charge is -2.28. The number of ether oxygens (including phenoxy) is 2. The SMILES string of the molecule is CCOP(=O)(OCC)C(=O)NCC(C(=O)OC(C)(C)C)C(N)NS(=O)(=O)c1ccc(Oc2ccccc2)cc1. The quantitative estimate of drug-likeness (QED) is 0.167. The molecule has 0 aromatic heterocycles. The molecule has 1 amide bonds. The fourth-order valence-electron chi connectivity index (χ4n) is 3.16. The molecule has 0 fully saturated rings. The van der Waals surface area contributed by atoms with Gasteiger partial charge in [-0.15, -0.1) is 0 Å². The molecular formula is C25H36N3O9PS. The number of hydrogen-bond acceptors (Lipinski definition) is 10. The van der Waals surface area contributed by atoms with Crippen LogP contribution in [0.15, 0.2) is 59.5 Å². The topological polar surface area (TPSA) is 172 Å². The zero-order chi connectivity index (χ0) is 29.3. The van der Waals surface area contributed by atoms with E-state index in [9.17, 15) is 22.6 Å².